The lowest BCUT2D eigenvalue weighted by Gasteiger charge is -2.33. The second kappa shape index (κ2) is 12.4. The molecule has 0 unspecified atom stereocenters. The molecule has 0 spiro atoms. The van der Waals surface area contributed by atoms with Gasteiger partial charge < -0.3 is 10.2 Å². The van der Waals surface area contributed by atoms with Gasteiger partial charge in [-0.3, -0.25) is 13.9 Å². The largest absolute Gasteiger partial charge is 0.357 e. The summed E-state index contributed by atoms with van der Waals surface area (Å²) in [5.74, 6) is -1.60. The van der Waals surface area contributed by atoms with Gasteiger partial charge >= 0.3 is 0 Å². The lowest BCUT2D eigenvalue weighted by atomic mass is 10.1. The molecule has 0 heterocycles. The van der Waals surface area contributed by atoms with Gasteiger partial charge in [0.05, 0.1) is 20.6 Å². The summed E-state index contributed by atoms with van der Waals surface area (Å²) in [6, 6.07) is 16.3. The first-order chi connectivity index (χ1) is 17.6. The average molecular weight is 566 g/mol. The van der Waals surface area contributed by atoms with E-state index in [0.29, 0.717) is 10.6 Å². The Morgan fingerprint density at radius 2 is 1.62 bits per heavy atom. The van der Waals surface area contributed by atoms with Gasteiger partial charge in [-0.2, -0.15) is 0 Å². The maximum absolute atomic E-state index is 13.8. The Kier molecular flexibility index (Phi) is 9.53. The number of carbonyl (C=O) groups is 2. The molecule has 7 nitrogen and oxygen atoms in total. The summed E-state index contributed by atoms with van der Waals surface area (Å²) in [6.45, 7) is 1.09. The normalized spacial score (nSPS) is 12.0. The molecule has 11 heteroatoms. The van der Waals surface area contributed by atoms with Crippen LogP contribution in [-0.2, 0) is 26.2 Å². The van der Waals surface area contributed by atoms with E-state index in [4.69, 9.17) is 23.2 Å². The zero-order chi connectivity index (χ0) is 27.2. The number of amides is 2. The second-order valence-corrected chi connectivity index (χ2v) is 10.8. The molecule has 1 atom stereocenters. The van der Waals surface area contributed by atoms with Crippen molar-refractivity contribution in [2.75, 3.05) is 17.9 Å². The highest BCUT2D eigenvalue weighted by atomic mass is 35.5. The number of anilines is 1. The molecule has 196 valence electrons. The number of benzene rings is 3. The van der Waals surface area contributed by atoms with E-state index >= 15 is 0 Å². The standard InChI is InChI=1S/C26H26Cl2FN3O4S/c1-3-24(26(34)30-2)31(16-18-9-14-22(27)23(28)15-18)25(33)17-32(20-12-10-19(29)11-13-20)37(35,36)21-7-5-4-6-8-21/h4-15,24H,3,16-17H2,1-2H3,(H,30,34)/t24-/m0/s1. The minimum atomic E-state index is -4.21. The van der Waals surface area contributed by atoms with Crippen molar-refractivity contribution in [3.8, 4) is 0 Å². The predicted molar refractivity (Wildman–Crippen MR) is 143 cm³/mol. The molecule has 0 radical (unpaired) electrons. The number of nitrogens with one attached hydrogen (secondary N) is 1. The van der Waals surface area contributed by atoms with Gasteiger partial charge in [0, 0.05) is 13.6 Å². The number of hydrogen-bond donors (Lipinski definition) is 1. The predicted octanol–water partition coefficient (Wildman–Crippen LogP) is 4.88. The Labute approximate surface area is 225 Å². The van der Waals surface area contributed by atoms with Gasteiger partial charge in [-0.05, 0) is 60.5 Å². The number of sulfonamides is 1. The molecule has 37 heavy (non-hydrogen) atoms. The lowest BCUT2D eigenvalue weighted by Crippen LogP contribution is -2.51. The van der Waals surface area contributed by atoms with Crippen LogP contribution >= 0.6 is 23.2 Å². The molecule has 0 bridgehead atoms. The first-order valence-electron chi connectivity index (χ1n) is 11.4. The first-order valence-corrected chi connectivity index (χ1v) is 13.6. The van der Waals surface area contributed by atoms with Gasteiger partial charge in [0.1, 0.15) is 18.4 Å². The maximum atomic E-state index is 13.8. The smallest absolute Gasteiger partial charge is 0.264 e. The fourth-order valence-corrected chi connectivity index (χ4v) is 5.53. The lowest BCUT2D eigenvalue weighted by molar-refractivity contribution is -0.140. The Bertz CT molecular complexity index is 1360. The molecule has 3 aromatic carbocycles. The summed E-state index contributed by atoms with van der Waals surface area (Å²) in [4.78, 5) is 27.7. The topological polar surface area (TPSA) is 86.8 Å². The third-order valence-corrected chi connectivity index (χ3v) is 8.22. The Morgan fingerprint density at radius 1 is 0.973 bits per heavy atom. The molecule has 1 N–H and O–H groups in total. The second-order valence-electron chi connectivity index (χ2n) is 8.11. The van der Waals surface area contributed by atoms with E-state index in [1.807, 2.05) is 0 Å². The highest BCUT2D eigenvalue weighted by Crippen LogP contribution is 2.26. The molecule has 3 aromatic rings. The highest BCUT2D eigenvalue weighted by molar-refractivity contribution is 7.92. The van der Waals surface area contributed by atoms with Crippen molar-refractivity contribution in [2.24, 2.45) is 0 Å². The van der Waals surface area contributed by atoms with Crippen LogP contribution in [0.5, 0.6) is 0 Å². The SMILES string of the molecule is CC[C@@H](C(=O)NC)N(Cc1ccc(Cl)c(Cl)c1)C(=O)CN(c1ccc(F)cc1)S(=O)(=O)c1ccccc1. The van der Waals surface area contributed by atoms with Crippen molar-refractivity contribution in [2.45, 2.75) is 30.8 Å². The summed E-state index contributed by atoms with van der Waals surface area (Å²) in [5, 5.41) is 3.16. The third-order valence-electron chi connectivity index (χ3n) is 5.69. The van der Waals surface area contributed by atoms with Gasteiger partial charge in [-0.1, -0.05) is 54.4 Å². The van der Waals surface area contributed by atoms with E-state index in [2.05, 4.69) is 5.32 Å². The third kappa shape index (κ3) is 6.80. The van der Waals surface area contributed by atoms with Gasteiger partial charge in [0.25, 0.3) is 10.0 Å². The van der Waals surface area contributed by atoms with Crippen molar-refractivity contribution in [3.05, 3.63) is 94.2 Å². The van der Waals surface area contributed by atoms with E-state index in [0.717, 1.165) is 16.4 Å². The Balaban J connectivity index is 2.05. The van der Waals surface area contributed by atoms with E-state index < -0.39 is 40.2 Å². The van der Waals surface area contributed by atoms with Crippen LogP contribution in [0, 0.1) is 5.82 Å². The molecule has 0 fully saturated rings. The molecular formula is C26H26Cl2FN3O4S. The molecule has 0 aliphatic carbocycles. The summed E-state index contributed by atoms with van der Waals surface area (Å²) >= 11 is 12.2. The summed E-state index contributed by atoms with van der Waals surface area (Å²) < 4.78 is 41.7. The number of halogens is 3. The van der Waals surface area contributed by atoms with Crippen LogP contribution in [0.2, 0.25) is 10.0 Å². The fourth-order valence-electron chi connectivity index (χ4n) is 3.78. The molecule has 0 saturated heterocycles. The number of likely N-dealkylation sites (N-methyl/N-ethyl adjacent to an activating group) is 1. The first kappa shape index (κ1) is 28.4. The molecule has 0 aromatic heterocycles. The van der Waals surface area contributed by atoms with Crippen LogP contribution in [0.15, 0.2) is 77.7 Å². The van der Waals surface area contributed by atoms with Gasteiger partial charge in [-0.15, -0.1) is 0 Å². The zero-order valence-corrected chi connectivity index (χ0v) is 22.5. The quantitative estimate of drug-likeness (QED) is 0.379. The average Bonchev–Trinajstić information content (AvgIpc) is 2.89. The number of rotatable bonds is 10. The molecule has 0 saturated carbocycles. The summed E-state index contributed by atoms with van der Waals surface area (Å²) in [5.41, 5.74) is 0.699. The van der Waals surface area contributed by atoms with Crippen molar-refractivity contribution >= 4 is 50.7 Å². The molecular weight excluding hydrogens is 540 g/mol. The van der Waals surface area contributed by atoms with Gasteiger partial charge in [0.2, 0.25) is 11.8 Å². The Hall–Kier alpha value is -3.14. The van der Waals surface area contributed by atoms with E-state index in [9.17, 15) is 22.4 Å². The van der Waals surface area contributed by atoms with Crippen molar-refractivity contribution < 1.29 is 22.4 Å². The van der Waals surface area contributed by atoms with Gasteiger partial charge in [-0.25, -0.2) is 12.8 Å². The van der Waals surface area contributed by atoms with E-state index in [1.54, 1.807) is 43.3 Å². The van der Waals surface area contributed by atoms with Crippen LogP contribution in [0.3, 0.4) is 0 Å². The monoisotopic (exact) mass is 565 g/mol. The van der Waals surface area contributed by atoms with Crippen molar-refractivity contribution in [1.29, 1.82) is 0 Å². The van der Waals surface area contributed by atoms with Crippen LogP contribution in [-0.4, -0.2) is 44.8 Å². The maximum Gasteiger partial charge on any atom is 0.264 e. The molecule has 3 rings (SSSR count). The Morgan fingerprint density at radius 3 is 2.19 bits per heavy atom. The molecule has 0 aliphatic heterocycles. The fraction of sp³-hybridized carbons (Fsp3) is 0.231. The minimum Gasteiger partial charge on any atom is -0.357 e. The van der Waals surface area contributed by atoms with Crippen LogP contribution < -0.4 is 9.62 Å². The molecule has 2 amide bonds. The molecule has 0 aliphatic rings. The van der Waals surface area contributed by atoms with Crippen LogP contribution in [0.4, 0.5) is 10.1 Å². The van der Waals surface area contributed by atoms with Crippen molar-refractivity contribution in [3.63, 3.8) is 0 Å². The summed E-state index contributed by atoms with van der Waals surface area (Å²) in [7, 11) is -2.76. The number of nitrogens with zero attached hydrogens (tertiary/aromatic N) is 2. The van der Waals surface area contributed by atoms with Crippen molar-refractivity contribution in [1.82, 2.24) is 10.2 Å². The van der Waals surface area contributed by atoms with E-state index in [1.165, 1.54) is 36.2 Å². The number of carbonyl (C=O) groups excluding carboxylic acids is 2. The highest BCUT2D eigenvalue weighted by Gasteiger charge is 2.33. The summed E-state index contributed by atoms with van der Waals surface area (Å²) in [6.07, 6.45) is 0.273. The zero-order valence-electron chi connectivity index (χ0n) is 20.2. The minimum absolute atomic E-state index is 0.0235. The van der Waals surface area contributed by atoms with Crippen LogP contribution in [0.25, 0.3) is 0 Å². The number of hydrogen-bond acceptors (Lipinski definition) is 4. The van der Waals surface area contributed by atoms with E-state index in [-0.39, 0.29) is 28.6 Å². The van der Waals surface area contributed by atoms with Gasteiger partial charge in [0.15, 0.2) is 0 Å². The van der Waals surface area contributed by atoms with Crippen LogP contribution in [0.1, 0.15) is 18.9 Å².